The molecule has 0 saturated carbocycles. The van der Waals surface area contributed by atoms with E-state index in [-0.39, 0.29) is 10.9 Å². The van der Waals surface area contributed by atoms with Gasteiger partial charge >= 0.3 is 5.97 Å². The van der Waals surface area contributed by atoms with Crippen LogP contribution < -0.4 is 4.74 Å². The number of thioether (sulfide) groups is 1. The first kappa shape index (κ1) is 15.6. The molecule has 1 N–H and O–H groups in total. The Labute approximate surface area is 126 Å². The largest absolute Gasteiger partial charge is 0.497 e. The van der Waals surface area contributed by atoms with Crippen molar-refractivity contribution in [2.24, 2.45) is 0 Å². The zero-order valence-electron chi connectivity index (χ0n) is 11.7. The third kappa shape index (κ3) is 2.97. The molecule has 2 rings (SSSR count). The maximum absolute atomic E-state index is 14.0. The maximum Gasteiger partial charge on any atom is 0.327 e. The molecule has 0 aromatic heterocycles. The molecule has 0 spiro atoms. The number of benzene rings is 1. The van der Waals surface area contributed by atoms with Gasteiger partial charge in [-0.25, -0.2) is 9.18 Å². The summed E-state index contributed by atoms with van der Waals surface area (Å²) >= 11 is 1.40. The number of nitrogens with zero attached hydrogens (tertiary/aromatic N) is 1. The molecule has 1 aromatic carbocycles. The van der Waals surface area contributed by atoms with Crippen molar-refractivity contribution in [3.05, 3.63) is 29.6 Å². The summed E-state index contributed by atoms with van der Waals surface area (Å²) in [5, 5.41) is 8.97. The van der Waals surface area contributed by atoms with Crippen molar-refractivity contribution in [2.45, 2.75) is 24.8 Å². The van der Waals surface area contributed by atoms with E-state index in [4.69, 9.17) is 4.74 Å². The first-order chi connectivity index (χ1) is 9.99. The average molecular weight is 313 g/mol. The summed E-state index contributed by atoms with van der Waals surface area (Å²) in [4.78, 5) is 25.1. The second-order valence-electron chi connectivity index (χ2n) is 4.61. The Kier molecular flexibility index (Phi) is 4.72. The Bertz CT molecular complexity index is 566. The molecule has 1 amide bonds. The molecule has 21 heavy (non-hydrogen) atoms. The number of carbonyl (C=O) groups is 2. The van der Waals surface area contributed by atoms with E-state index in [9.17, 15) is 19.1 Å². The fourth-order valence-electron chi connectivity index (χ4n) is 2.28. The van der Waals surface area contributed by atoms with Crippen molar-refractivity contribution in [1.82, 2.24) is 4.90 Å². The van der Waals surface area contributed by atoms with E-state index in [2.05, 4.69) is 0 Å². The van der Waals surface area contributed by atoms with Crippen molar-refractivity contribution >= 4 is 23.6 Å². The predicted octanol–water partition coefficient (Wildman–Crippen LogP) is 2.21. The topological polar surface area (TPSA) is 66.8 Å². The number of aliphatic carboxylic acids is 1. The Morgan fingerprint density at radius 1 is 1.52 bits per heavy atom. The van der Waals surface area contributed by atoms with Crippen LogP contribution in [-0.4, -0.2) is 46.2 Å². The van der Waals surface area contributed by atoms with Crippen LogP contribution in [0, 0.1) is 5.82 Å². The highest BCUT2D eigenvalue weighted by Crippen LogP contribution is 2.33. The number of carboxylic acid groups (broad SMARTS) is 1. The molecule has 7 heteroatoms. The lowest BCUT2D eigenvalue weighted by molar-refractivity contribution is -0.141. The highest BCUT2D eigenvalue weighted by molar-refractivity contribution is 8.00. The molecule has 1 saturated heterocycles. The number of rotatable bonds is 4. The van der Waals surface area contributed by atoms with Crippen LogP contribution in [0.25, 0.3) is 0 Å². The molecule has 2 unspecified atom stereocenters. The van der Waals surface area contributed by atoms with Gasteiger partial charge in [0.1, 0.15) is 17.6 Å². The van der Waals surface area contributed by atoms with Crippen LogP contribution in [-0.2, 0) is 4.79 Å². The standard InChI is InChI=1S/C14H16FNO4S/c1-3-12-16(11(7-21-12)14(18)19)13(17)9-5-4-8(20-2)6-10(9)15/h4-6,11-12H,3,7H2,1-2H3,(H,18,19). The lowest BCUT2D eigenvalue weighted by Gasteiger charge is -2.26. The zero-order chi connectivity index (χ0) is 15.6. The Hall–Kier alpha value is -1.76. The molecule has 114 valence electrons. The minimum atomic E-state index is -1.07. The molecule has 1 aromatic rings. The normalized spacial score (nSPS) is 21.4. The minimum absolute atomic E-state index is 0.136. The summed E-state index contributed by atoms with van der Waals surface area (Å²) in [6.45, 7) is 1.87. The average Bonchev–Trinajstić information content (AvgIpc) is 2.90. The summed E-state index contributed by atoms with van der Waals surface area (Å²) in [6, 6.07) is 3.00. The summed E-state index contributed by atoms with van der Waals surface area (Å²) in [5.74, 6) is -1.76. The Morgan fingerprint density at radius 3 is 2.76 bits per heavy atom. The first-order valence-corrected chi connectivity index (χ1v) is 7.55. The fourth-order valence-corrected chi connectivity index (χ4v) is 3.62. The minimum Gasteiger partial charge on any atom is -0.497 e. The number of methoxy groups -OCH3 is 1. The van der Waals surface area contributed by atoms with Crippen LogP contribution in [0.5, 0.6) is 5.75 Å². The third-order valence-electron chi connectivity index (χ3n) is 3.37. The van der Waals surface area contributed by atoms with E-state index in [1.54, 1.807) is 0 Å². The van der Waals surface area contributed by atoms with Crippen LogP contribution >= 0.6 is 11.8 Å². The van der Waals surface area contributed by atoms with Gasteiger partial charge in [-0.15, -0.1) is 11.8 Å². The van der Waals surface area contributed by atoms with Crippen LogP contribution in [0.2, 0.25) is 0 Å². The molecule has 0 radical (unpaired) electrons. The van der Waals surface area contributed by atoms with Gasteiger partial charge < -0.3 is 14.7 Å². The van der Waals surface area contributed by atoms with Crippen molar-refractivity contribution < 1.29 is 23.8 Å². The highest BCUT2D eigenvalue weighted by Gasteiger charge is 2.41. The van der Waals surface area contributed by atoms with Gasteiger partial charge in [-0.05, 0) is 18.6 Å². The third-order valence-corrected chi connectivity index (χ3v) is 4.82. The monoisotopic (exact) mass is 313 g/mol. The van der Waals surface area contributed by atoms with Gasteiger partial charge in [0.05, 0.1) is 18.0 Å². The summed E-state index contributed by atoms with van der Waals surface area (Å²) in [6.07, 6.45) is 0.609. The predicted molar refractivity (Wildman–Crippen MR) is 77.1 cm³/mol. The van der Waals surface area contributed by atoms with Gasteiger partial charge in [0.15, 0.2) is 0 Å². The van der Waals surface area contributed by atoms with Gasteiger partial charge in [-0.3, -0.25) is 4.79 Å². The van der Waals surface area contributed by atoms with E-state index in [1.165, 1.54) is 35.9 Å². The number of amides is 1. The summed E-state index contributed by atoms with van der Waals surface area (Å²) < 4.78 is 18.9. The second kappa shape index (κ2) is 6.34. The van der Waals surface area contributed by atoms with Gasteiger partial charge in [0.2, 0.25) is 0 Å². The van der Waals surface area contributed by atoms with Crippen molar-refractivity contribution in [1.29, 1.82) is 0 Å². The number of carbonyl (C=O) groups excluding carboxylic acids is 1. The van der Waals surface area contributed by atoms with E-state index >= 15 is 0 Å². The molecule has 1 heterocycles. The van der Waals surface area contributed by atoms with Crippen molar-refractivity contribution in [3.8, 4) is 5.75 Å². The lowest BCUT2D eigenvalue weighted by atomic mass is 10.1. The maximum atomic E-state index is 14.0. The molecular weight excluding hydrogens is 297 g/mol. The van der Waals surface area contributed by atoms with Crippen LogP contribution in [0.15, 0.2) is 18.2 Å². The highest BCUT2D eigenvalue weighted by atomic mass is 32.2. The molecule has 2 atom stereocenters. The van der Waals surface area contributed by atoms with Gasteiger partial charge in [-0.2, -0.15) is 0 Å². The molecular formula is C14H16FNO4S. The van der Waals surface area contributed by atoms with E-state index in [0.29, 0.717) is 17.9 Å². The molecule has 5 nitrogen and oxygen atoms in total. The number of carboxylic acids is 1. The first-order valence-electron chi connectivity index (χ1n) is 6.50. The van der Waals surface area contributed by atoms with E-state index in [1.807, 2.05) is 6.92 Å². The second-order valence-corrected chi connectivity index (χ2v) is 5.82. The fraction of sp³-hybridized carbons (Fsp3) is 0.429. The Morgan fingerprint density at radius 2 is 2.24 bits per heavy atom. The summed E-state index contributed by atoms with van der Waals surface area (Å²) in [5.41, 5.74) is -0.136. The van der Waals surface area contributed by atoms with Crippen molar-refractivity contribution in [2.75, 3.05) is 12.9 Å². The van der Waals surface area contributed by atoms with Crippen LogP contribution in [0.1, 0.15) is 23.7 Å². The van der Waals surface area contributed by atoms with Gasteiger partial charge in [-0.1, -0.05) is 6.92 Å². The SMILES string of the molecule is CCC1SCC(C(=O)O)N1C(=O)c1ccc(OC)cc1F. The van der Waals surface area contributed by atoms with Crippen LogP contribution in [0.3, 0.4) is 0 Å². The number of hydrogen-bond donors (Lipinski definition) is 1. The number of halogens is 1. The Balaban J connectivity index is 2.34. The quantitative estimate of drug-likeness (QED) is 0.923. The van der Waals surface area contributed by atoms with Gasteiger partial charge in [0, 0.05) is 11.8 Å². The molecule has 1 fully saturated rings. The molecule has 1 aliphatic heterocycles. The van der Waals surface area contributed by atoms with Gasteiger partial charge in [0.25, 0.3) is 5.91 Å². The van der Waals surface area contributed by atoms with E-state index in [0.717, 1.165) is 6.07 Å². The van der Waals surface area contributed by atoms with E-state index < -0.39 is 23.7 Å². The molecule has 0 bridgehead atoms. The number of ether oxygens (including phenoxy) is 1. The molecule has 1 aliphatic rings. The summed E-state index contributed by atoms with van der Waals surface area (Å²) in [7, 11) is 1.40. The number of hydrogen-bond acceptors (Lipinski definition) is 4. The molecule has 0 aliphatic carbocycles. The van der Waals surface area contributed by atoms with Crippen LogP contribution in [0.4, 0.5) is 4.39 Å². The van der Waals surface area contributed by atoms with Crippen molar-refractivity contribution in [3.63, 3.8) is 0 Å². The lowest BCUT2D eigenvalue weighted by Crippen LogP contribution is -2.45. The zero-order valence-corrected chi connectivity index (χ0v) is 12.5. The smallest absolute Gasteiger partial charge is 0.327 e.